The first-order valence-electron chi connectivity index (χ1n) is 8.93. The second kappa shape index (κ2) is 7.86. The molecule has 0 atom stereocenters. The first kappa shape index (κ1) is 18.3. The monoisotopic (exact) mass is 447 g/mol. The summed E-state index contributed by atoms with van der Waals surface area (Å²) in [6.45, 7) is 2.35. The number of anilines is 1. The van der Waals surface area contributed by atoms with Gasteiger partial charge >= 0.3 is 0 Å². The third-order valence-corrected chi connectivity index (χ3v) is 5.58. The van der Waals surface area contributed by atoms with Crippen molar-refractivity contribution in [3.05, 3.63) is 46.3 Å². The number of rotatable bonds is 6. The number of aromatic nitrogens is 3. The lowest BCUT2D eigenvalue weighted by Crippen LogP contribution is -2.27. The lowest BCUT2D eigenvalue weighted by molar-refractivity contribution is -0.127. The number of fused-ring (bicyclic) bond motifs is 1. The summed E-state index contributed by atoms with van der Waals surface area (Å²) >= 11 is 9.88. The topological polar surface area (TPSA) is 62.5 Å². The summed E-state index contributed by atoms with van der Waals surface area (Å²) in [4.78, 5) is 22.8. The molecule has 6 nitrogen and oxygen atoms in total. The molecule has 3 heterocycles. The highest BCUT2D eigenvalue weighted by Gasteiger charge is 2.19. The number of nitrogens with one attached hydrogen (secondary N) is 1. The number of benzene rings is 1. The summed E-state index contributed by atoms with van der Waals surface area (Å²) in [5, 5.41) is 4.02. The Bertz CT molecular complexity index is 989. The largest absolute Gasteiger partial charge is 0.367 e. The van der Waals surface area contributed by atoms with Gasteiger partial charge in [0.1, 0.15) is 4.60 Å². The van der Waals surface area contributed by atoms with Crippen molar-refractivity contribution < 1.29 is 4.79 Å². The van der Waals surface area contributed by atoms with Gasteiger partial charge in [0.15, 0.2) is 11.5 Å². The van der Waals surface area contributed by atoms with E-state index in [1.165, 1.54) is 0 Å². The molecule has 0 unspecified atom stereocenters. The number of imidazole rings is 1. The van der Waals surface area contributed by atoms with E-state index < -0.39 is 0 Å². The van der Waals surface area contributed by atoms with Gasteiger partial charge in [-0.15, -0.1) is 0 Å². The number of likely N-dealkylation sites (tertiary alicyclic amines) is 1. The molecule has 0 radical (unpaired) electrons. The molecule has 0 spiro atoms. The van der Waals surface area contributed by atoms with Crippen LogP contribution in [0, 0.1) is 0 Å². The zero-order valence-electron chi connectivity index (χ0n) is 14.7. The molecule has 27 heavy (non-hydrogen) atoms. The molecule has 4 rings (SSSR count). The Morgan fingerprint density at radius 2 is 2.15 bits per heavy atom. The van der Waals surface area contributed by atoms with E-state index in [9.17, 15) is 4.79 Å². The van der Waals surface area contributed by atoms with Crippen LogP contribution in [0.1, 0.15) is 19.3 Å². The summed E-state index contributed by atoms with van der Waals surface area (Å²) in [7, 11) is 0. The van der Waals surface area contributed by atoms with Crippen LogP contribution in [0.2, 0.25) is 5.02 Å². The Morgan fingerprint density at radius 3 is 2.93 bits per heavy atom. The van der Waals surface area contributed by atoms with Gasteiger partial charge in [0.2, 0.25) is 5.91 Å². The van der Waals surface area contributed by atoms with Crippen molar-refractivity contribution in [1.29, 1.82) is 0 Å². The maximum absolute atomic E-state index is 11.7. The number of hydrogen-bond acceptors (Lipinski definition) is 4. The van der Waals surface area contributed by atoms with E-state index in [1.807, 2.05) is 39.8 Å². The zero-order valence-corrected chi connectivity index (χ0v) is 17.0. The van der Waals surface area contributed by atoms with Crippen LogP contribution in [0.25, 0.3) is 16.9 Å². The van der Waals surface area contributed by atoms with Gasteiger partial charge in [-0.05, 0) is 34.8 Å². The van der Waals surface area contributed by atoms with Crippen molar-refractivity contribution in [2.45, 2.75) is 19.3 Å². The second-order valence-corrected chi connectivity index (χ2v) is 7.71. The zero-order chi connectivity index (χ0) is 18.8. The minimum absolute atomic E-state index is 0.258. The lowest BCUT2D eigenvalue weighted by atomic mass is 10.1. The van der Waals surface area contributed by atoms with Crippen LogP contribution in [0.5, 0.6) is 0 Å². The van der Waals surface area contributed by atoms with E-state index in [1.54, 1.807) is 6.20 Å². The molecular formula is C19H19BrClN5O. The molecule has 0 bridgehead atoms. The summed E-state index contributed by atoms with van der Waals surface area (Å²) in [5.74, 6) is 0.958. The maximum atomic E-state index is 11.7. The number of halogens is 2. The predicted octanol–water partition coefficient (Wildman–Crippen LogP) is 4.24. The number of hydrogen-bond donors (Lipinski definition) is 1. The molecule has 1 aliphatic heterocycles. The standard InChI is InChI=1S/C19H19BrClN5O/c20-16-11-23-19-18(22-8-4-10-25-9-3-7-17(25)27)24-15(12-26(16)19)13-5-1-2-6-14(13)21/h1-2,5-6,11-12H,3-4,7-10H2,(H,22,24). The molecule has 1 aromatic carbocycles. The highest BCUT2D eigenvalue weighted by Crippen LogP contribution is 2.29. The van der Waals surface area contributed by atoms with Crippen molar-refractivity contribution >= 4 is 44.9 Å². The highest BCUT2D eigenvalue weighted by molar-refractivity contribution is 9.10. The van der Waals surface area contributed by atoms with Crippen LogP contribution in [0.4, 0.5) is 5.82 Å². The minimum atomic E-state index is 0.258. The molecule has 1 fully saturated rings. The number of amides is 1. The second-order valence-electron chi connectivity index (χ2n) is 6.49. The van der Waals surface area contributed by atoms with Gasteiger partial charge in [0.05, 0.1) is 16.9 Å². The van der Waals surface area contributed by atoms with Gasteiger partial charge in [-0.1, -0.05) is 29.8 Å². The fraction of sp³-hybridized carbons (Fsp3) is 0.316. The molecular weight excluding hydrogens is 430 g/mol. The average molecular weight is 449 g/mol. The Balaban J connectivity index is 1.56. The van der Waals surface area contributed by atoms with Gasteiger partial charge < -0.3 is 10.2 Å². The van der Waals surface area contributed by atoms with Gasteiger partial charge in [0.25, 0.3) is 0 Å². The van der Waals surface area contributed by atoms with E-state index in [4.69, 9.17) is 16.6 Å². The Labute approximate surface area is 170 Å². The SMILES string of the molecule is O=C1CCCN1CCCNc1nc(-c2ccccc2Cl)cn2c(Br)cnc12. The average Bonchev–Trinajstić information content (AvgIpc) is 3.25. The fourth-order valence-corrected chi connectivity index (χ4v) is 3.90. The van der Waals surface area contributed by atoms with Crippen LogP contribution in [0.15, 0.2) is 41.3 Å². The molecule has 2 aromatic heterocycles. The normalized spacial score (nSPS) is 14.3. The van der Waals surface area contributed by atoms with Gasteiger partial charge in [-0.3, -0.25) is 9.20 Å². The number of nitrogens with zero attached hydrogens (tertiary/aromatic N) is 4. The number of carbonyl (C=O) groups is 1. The molecule has 1 amide bonds. The smallest absolute Gasteiger partial charge is 0.222 e. The van der Waals surface area contributed by atoms with Crippen molar-refractivity contribution in [3.63, 3.8) is 0 Å². The van der Waals surface area contributed by atoms with Crippen molar-refractivity contribution in [2.75, 3.05) is 25.0 Å². The van der Waals surface area contributed by atoms with Crippen LogP contribution in [0.3, 0.4) is 0 Å². The molecule has 1 N–H and O–H groups in total. The van der Waals surface area contributed by atoms with Crippen LogP contribution in [-0.2, 0) is 4.79 Å². The summed E-state index contributed by atoms with van der Waals surface area (Å²) in [6.07, 6.45) is 6.18. The van der Waals surface area contributed by atoms with E-state index in [0.717, 1.165) is 47.4 Å². The van der Waals surface area contributed by atoms with Crippen molar-refractivity contribution in [3.8, 4) is 11.3 Å². The summed E-state index contributed by atoms with van der Waals surface area (Å²) in [6, 6.07) is 7.64. The third kappa shape index (κ3) is 3.80. The Kier molecular flexibility index (Phi) is 5.31. The molecule has 1 saturated heterocycles. The lowest BCUT2D eigenvalue weighted by Gasteiger charge is -2.16. The van der Waals surface area contributed by atoms with Gasteiger partial charge in [0, 0.05) is 37.8 Å². The van der Waals surface area contributed by atoms with E-state index in [-0.39, 0.29) is 5.91 Å². The van der Waals surface area contributed by atoms with E-state index in [0.29, 0.717) is 23.8 Å². The van der Waals surface area contributed by atoms with Crippen LogP contribution < -0.4 is 5.32 Å². The molecule has 3 aromatic rings. The number of carbonyl (C=O) groups excluding carboxylic acids is 1. The maximum Gasteiger partial charge on any atom is 0.222 e. The minimum Gasteiger partial charge on any atom is -0.367 e. The third-order valence-electron chi connectivity index (χ3n) is 4.67. The predicted molar refractivity (Wildman–Crippen MR) is 110 cm³/mol. The molecule has 0 saturated carbocycles. The van der Waals surface area contributed by atoms with E-state index in [2.05, 4.69) is 26.2 Å². The first-order chi connectivity index (χ1) is 13.1. The fourth-order valence-electron chi connectivity index (χ4n) is 3.29. The molecule has 0 aliphatic carbocycles. The molecule has 140 valence electrons. The Morgan fingerprint density at radius 1 is 1.30 bits per heavy atom. The Hall–Kier alpha value is -2.12. The van der Waals surface area contributed by atoms with Gasteiger partial charge in [-0.2, -0.15) is 0 Å². The summed E-state index contributed by atoms with van der Waals surface area (Å²) in [5.41, 5.74) is 2.38. The quantitative estimate of drug-likeness (QED) is 0.573. The first-order valence-corrected chi connectivity index (χ1v) is 10.1. The highest BCUT2D eigenvalue weighted by atomic mass is 79.9. The van der Waals surface area contributed by atoms with Gasteiger partial charge in [-0.25, -0.2) is 9.97 Å². The molecule has 8 heteroatoms. The van der Waals surface area contributed by atoms with Crippen LogP contribution >= 0.6 is 27.5 Å². The van der Waals surface area contributed by atoms with Crippen molar-refractivity contribution in [2.24, 2.45) is 0 Å². The van der Waals surface area contributed by atoms with Crippen molar-refractivity contribution in [1.82, 2.24) is 19.3 Å². The molecule has 1 aliphatic rings. The van der Waals surface area contributed by atoms with E-state index >= 15 is 0 Å². The summed E-state index contributed by atoms with van der Waals surface area (Å²) < 4.78 is 2.79. The van der Waals surface area contributed by atoms with Crippen LogP contribution in [-0.4, -0.2) is 44.8 Å².